The molecule has 1 atom stereocenters. The Kier molecular flexibility index (Phi) is 4.21. The van der Waals surface area contributed by atoms with E-state index in [-0.39, 0.29) is 18.2 Å². The molecule has 1 aliphatic heterocycles. The zero-order chi connectivity index (χ0) is 18.8. The van der Waals surface area contributed by atoms with Crippen molar-refractivity contribution in [3.05, 3.63) is 66.5 Å². The normalized spacial score (nSPS) is 15.2. The van der Waals surface area contributed by atoms with Gasteiger partial charge in [-0.05, 0) is 30.3 Å². The number of fused-ring (bicyclic) bond motifs is 1. The maximum atomic E-state index is 12.6. The van der Waals surface area contributed by atoms with Crippen LogP contribution < -0.4 is 14.8 Å². The van der Waals surface area contributed by atoms with E-state index in [1.165, 1.54) is 16.9 Å². The van der Waals surface area contributed by atoms with Gasteiger partial charge in [0.1, 0.15) is 6.61 Å². The standard InChI is InChI=1S/C19H15N3O5/c23-18(17-11-26-15-7-3-4-8-16(15)27-17)20-12-5-1-2-6-14(12)22-10-9-13(21-22)19(24)25/h1-10,17H,11H2,(H,20,23)(H,24,25)/t17-/m0/s1. The Morgan fingerprint density at radius 2 is 1.81 bits per heavy atom. The van der Waals surface area contributed by atoms with Crippen molar-refractivity contribution in [2.24, 2.45) is 0 Å². The van der Waals surface area contributed by atoms with Crippen molar-refractivity contribution in [3.63, 3.8) is 0 Å². The lowest BCUT2D eigenvalue weighted by molar-refractivity contribution is -0.125. The summed E-state index contributed by atoms with van der Waals surface area (Å²) in [6.07, 6.45) is 0.713. The number of hydrogen-bond donors (Lipinski definition) is 2. The van der Waals surface area contributed by atoms with Gasteiger partial charge in [-0.15, -0.1) is 0 Å². The van der Waals surface area contributed by atoms with Crippen molar-refractivity contribution in [2.75, 3.05) is 11.9 Å². The fourth-order valence-electron chi connectivity index (χ4n) is 2.71. The zero-order valence-corrected chi connectivity index (χ0v) is 14.0. The lowest BCUT2D eigenvalue weighted by Crippen LogP contribution is -2.40. The van der Waals surface area contributed by atoms with Gasteiger partial charge in [-0.3, -0.25) is 4.79 Å². The minimum absolute atomic E-state index is 0.0863. The van der Waals surface area contributed by atoms with E-state index in [9.17, 15) is 9.59 Å². The van der Waals surface area contributed by atoms with Gasteiger partial charge >= 0.3 is 5.97 Å². The van der Waals surface area contributed by atoms with Crippen LogP contribution >= 0.6 is 0 Å². The van der Waals surface area contributed by atoms with Crippen molar-refractivity contribution < 1.29 is 24.2 Å². The number of nitrogens with one attached hydrogen (secondary N) is 1. The van der Waals surface area contributed by atoms with Crippen LogP contribution in [0.15, 0.2) is 60.8 Å². The maximum Gasteiger partial charge on any atom is 0.356 e. The summed E-state index contributed by atoms with van der Waals surface area (Å²) in [5, 5.41) is 15.8. The Balaban J connectivity index is 1.55. The molecule has 0 fully saturated rings. The first-order valence-electron chi connectivity index (χ1n) is 8.19. The molecule has 0 radical (unpaired) electrons. The highest BCUT2D eigenvalue weighted by atomic mass is 16.6. The SMILES string of the molecule is O=C(O)c1ccn(-c2ccccc2NC(=O)[C@@H]2COc3ccccc3O2)n1. The topological polar surface area (TPSA) is 103 Å². The van der Waals surface area contributed by atoms with Crippen molar-refractivity contribution in [1.29, 1.82) is 0 Å². The molecule has 1 amide bonds. The molecule has 1 aromatic heterocycles. The summed E-state index contributed by atoms with van der Waals surface area (Å²) in [6, 6.07) is 15.5. The van der Waals surface area contributed by atoms with Gasteiger partial charge in [0.2, 0.25) is 6.10 Å². The van der Waals surface area contributed by atoms with Gasteiger partial charge < -0.3 is 19.9 Å². The van der Waals surface area contributed by atoms with E-state index in [0.29, 0.717) is 22.9 Å². The number of ether oxygens (including phenoxy) is 2. The molecular formula is C19H15N3O5. The molecule has 3 aromatic rings. The highest BCUT2D eigenvalue weighted by Gasteiger charge is 2.28. The number of para-hydroxylation sites is 4. The molecule has 0 saturated carbocycles. The summed E-state index contributed by atoms with van der Waals surface area (Å²) in [5.74, 6) is -0.390. The summed E-state index contributed by atoms with van der Waals surface area (Å²) in [6.45, 7) is 0.0932. The van der Waals surface area contributed by atoms with Gasteiger partial charge in [0.05, 0.1) is 11.4 Å². The number of carboxylic acid groups (broad SMARTS) is 1. The third kappa shape index (κ3) is 3.32. The number of hydrogen-bond acceptors (Lipinski definition) is 5. The van der Waals surface area contributed by atoms with Gasteiger partial charge in [0.15, 0.2) is 17.2 Å². The van der Waals surface area contributed by atoms with Crippen LogP contribution in [0.1, 0.15) is 10.5 Å². The number of carbonyl (C=O) groups excluding carboxylic acids is 1. The Hall–Kier alpha value is -3.81. The van der Waals surface area contributed by atoms with Gasteiger partial charge in [-0.2, -0.15) is 5.10 Å². The molecule has 0 spiro atoms. The number of carboxylic acids is 1. The molecule has 0 unspecified atom stereocenters. The van der Waals surface area contributed by atoms with E-state index < -0.39 is 12.1 Å². The first-order valence-corrected chi connectivity index (χ1v) is 8.19. The molecule has 136 valence electrons. The van der Waals surface area contributed by atoms with Crippen LogP contribution in [0.3, 0.4) is 0 Å². The third-order valence-electron chi connectivity index (χ3n) is 4.02. The quantitative estimate of drug-likeness (QED) is 0.736. The molecule has 1 aliphatic rings. The van der Waals surface area contributed by atoms with Crippen molar-refractivity contribution in [3.8, 4) is 17.2 Å². The molecule has 0 aliphatic carbocycles. The Morgan fingerprint density at radius 3 is 2.59 bits per heavy atom. The van der Waals surface area contributed by atoms with E-state index in [1.54, 1.807) is 42.5 Å². The first-order chi connectivity index (χ1) is 13.1. The smallest absolute Gasteiger partial charge is 0.356 e. The van der Waals surface area contributed by atoms with Crippen LogP contribution in [-0.4, -0.2) is 39.5 Å². The Morgan fingerprint density at radius 1 is 1.07 bits per heavy atom. The first kappa shape index (κ1) is 16.6. The van der Waals surface area contributed by atoms with E-state index in [2.05, 4.69) is 10.4 Å². The largest absolute Gasteiger partial charge is 0.485 e. The van der Waals surface area contributed by atoms with Crippen molar-refractivity contribution in [2.45, 2.75) is 6.10 Å². The molecule has 8 nitrogen and oxygen atoms in total. The minimum Gasteiger partial charge on any atom is -0.485 e. The van der Waals surface area contributed by atoms with Gasteiger partial charge in [-0.25, -0.2) is 9.48 Å². The number of benzene rings is 2. The second kappa shape index (κ2) is 6.83. The van der Waals surface area contributed by atoms with Gasteiger partial charge in [-0.1, -0.05) is 24.3 Å². The van der Waals surface area contributed by atoms with Crippen LogP contribution in [-0.2, 0) is 4.79 Å². The minimum atomic E-state index is -1.12. The summed E-state index contributed by atoms with van der Waals surface area (Å²) in [5.41, 5.74) is 0.928. The summed E-state index contributed by atoms with van der Waals surface area (Å²) < 4.78 is 12.7. The molecule has 0 saturated heterocycles. The van der Waals surface area contributed by atoms with Crippen molar-refractivity contribution >= 4 is 17.6 Å². The second-order valence-corrected chi connectivity index (χ2v) is 5.82. The maximum absolute atomic E-state index is 12.6. The van der Waals surface area contributed by atoms with E-state index >= 15 is 0 Å². The predicted octanol–water partition coefficient (Wildman–Crippen LogP) is 2.35. The summed E-state index contributed by atoms with van der Waals surface area (Å²) in [7, 11) is 0. The fraction of sp³-hybridized carbons (Fsp3) is 0.105. The number of anilines is 1. The number of aromatic nitrogens is 2. The lowest BCUT2D eigenvalue weighted by atomic mass is 10.2. The molecule has 8 heteroatoms. The molecule has 2 heterocycles. The number of amides is 1. The lowest BCUT2D eigenvalue weighted by Gasteiger charge is -2.25. The second-order valence-electron chi connectivity index (χ2n) is 5.82. The average Bonchev–Trinajstić information content (AvgIpc) is 3.18. The van der Waals surface area contributed by atoms with Crippen LogP contribution in [0.5, 0.6) is 11.5 Å². The van der Waals surface area contributed by atoms with Crippen LogP contribution in [0, 0.1) is 0 Å². The number of nitrogens with zero attached hydrogens (tertiary/aromatic N) is 2. The molecule has 0 bridgehead atoms. The van der Waals surface area contributed by atoms with Gasteiger partial charge in [0.25, 0.3) is 5.91 Å². The average molecular weight is 365 g/mol. The number of rotatable bonds is 4. The third-order valence-corrected chi connectivity index (χ3v) is 4.02. The highest BCUT2D eigenvalue weighted by Crippen LogP contribution is 2.31. The summed E-state index contributed by atoms with van der Waals surface area (Å²) in [4.78, 5) is 23.7. The zero-order valence-electron chi connectivity index (χ0n) is 14.0. The van der Waals surface area contributed by atoms with Crippen LogP contribution in [0.2, 0.25) is 0 Å². The molecule has 4 rings (SSSR count). The van der Waals surface area contributed by atoms with E-state index in [0.717, 1.165) is 0 Å². The summed E-state index contributed by atoms with van der Waals surface area (Å²) >= 11 is 0. The molecule has 2 aromatic carbocycles. The highest BCUT2D eigenvalue weighted by molar-refractivity contribution is 5.96. The van der Waals surface area contributed by atoms with Crippen LogP contribution in [0.25, 0.3) is 5.69 Å². The van der Waals surface area contributed by atoms with E-state index in [4.69, 9.17) is 14.6 Å². The Labute approximate surface area is 154 Å². The van der Waals surface area contributed by atoms with Crippen molar-refractivity contribution in [1.82, 2.24) is 9.78 Å². The monoisotopic (exact) mass is 365 g/mol. The number of aromatic carboxylic acids is 1. The van der Waals surface area contributed by atoms with Crippen LogP contribution in [0.4, 0.5) is 5.69 Å². The predicted molar refractivity (Wildman–Crippen MR) is 95.5 cm³/mol. The molecular weight excluding hydrogens is 350 g/mol. The molecule has 2 N–H and O–H groups in total. The Bertz CT molecular complexity index is 1010. The fourth-order valence-corrected chi connectivity index (χ4v) is 2.71. The van der Waals surface area contributed by atoms with Gasteiger partial charge in [0, 0.05) is 6.20 Å². The molecule has 27 heavy (non-hydrogen) atoms. The van der Waals surface area contributed by atoms with E-state index in [1.807, 2.05) is 6.07 Å². The number of carbonyl (C=O) groups is 2.